The number of piperidine rings is 1. The zero-order chi connectivity index (χ0) is 16.7. The summed E-state index contributed by atoms with van der Waals surface area (Å²) in [5.41, 5.74) is 0.563. The molecule has 0 bridgehead atoms. The number of likely N-dealkylation sites (tertiary alicyclic amines) is 1. The van der Waals surface area contributed by atoms with Crippen molar-refractivity contribution < 1.29 is 19.1 Å². The average Bonchev–Trinajstić information content (AvgIpc) is 2.95. The molecule has 2 fully saturated rings. The number of para-hydroxylation sites is 2. The molecule has 4 rings (SSSR count). The van der Waals surface area contributed by atoms with Gasteiger partial charge in [-0.3, -0.25) is 4.79 Å². The lowest BCUT2D eigenvalue weighted by atomic mass is 9.91. The van der Waals surface area contributed by atoms with Gasteiger partial charge in [0.05, 0.1) is 18.8 Å². The van der Waals surface area contributed by atoms with Crippen LogP contribution in [0, 0.1) is 0 Å². The van der Waals surface area contributed by atoms with Crippen LogP contribution in [0.2, 0.25) is 0 Å². The smallest absolute Gasteiger partial charge is 0.407 e. The van der Waals surface area contributed by atoms with Crippen LogP contribution in [-0.4, -0.2) is 61.8 Å². The van der Waals surface area contributed by atoms with Gasteiger partial charge in [0.25, 0.3) is 5.91 Å². The first-order chi connectivity index (χ1) is 11.6. The van der Waals surface area contributed by atoms with Gasteiger partial charge in [0.1, 0.15) is 11.4 Å². The molecule has 0 unspecified atom stereocenters. The third kappa shape index (κ3) is 2.53. The van der Waals surface area contributed by atoms with Crippen LogP contribution >= 0.6 is 0 Å². The van der Waals surface area contributed by atoms with Crippen molar-refractivity contribution in [3.63, 3.8) is 0 Å². The maximum absolute atomic E-state index is 12.8. The van der Waals surface area contributed by atoms with E-state index in [2.05, 4.69) is 10.2 Å². The molecule has 3 aliphatic rings. The van der Waals surface area contributed by atoms with E-state index >= 15 is 0 Å². The van der Waals surface area contributed by atoms with Crippen molar-refractivity contribution in [1.82, 2.24) is 10.2 Å². The van der Waals surface area contributed by atoms with E-state index in [1.54, 1.807) is 0 Å². The van der Waals surface area contributed by atoms with Crippen LogP contribution in [0.5, 0.6) is 5.75 Å². The minimum absolute atomic E-state index is 0.00323. The van der Waals surface area contributed by atoms with E-state index in [4.69, 9.17) is 9.47 Å². The Labute approximate surface area is 140 Å². The van der Waals surface area contributed by atoms with Crippen molar-refractivity contribution in [2.45, 2.75) is 24.5 Å². The highest BCUT2D eigenvalue weighted by atomic mass is 16.6. The highest BCUT2D eigenvalue weighted by Crippen LogP contribution is 2.33. The molecule has 1 aromatic carbocycles. The number of ether oxygens (including phenoxy) is 2. The molecule has 0 radical (unpaired) electrons. The van der Waals surface area contributed by atoms with Gasteiger partial charge in [-0.05, 0) is 12.1 Å². The molecule has 3 aliphatic heterocycles. The van der Waals surface area contributed by atoms with Gasteiger partial charge in [-0.15, -0.1) is 0 Å². The van der Waals surface area contributed by atoms with Crippen molar-refractivity contribution >= 4 is 17.7 Å². The van der Waals surface area contributed by atoms with Gasteiger partial charge in [0.15, 0.2) is 6.10 Å². The molecule has 7 nitrogen and oxygen atoms in total. The number of alkyl carbamates (subject to hydrolysis) is 1. The zero-order valence-electron chi connectivity index (χ0n) is 13.7. The summed E-state index contributed by atoms with van der Waals surface area (Å²) >= 11 is 0. The van der Waals surface area contributed by atoms with Gasteiger partial charge < -0.3 is 24.6 Å². The lowest BCUT2D eigenvalue weighted by Crippen LogP contribution is -2.54. The Hall–Kier alpha value is -2.44. The van der Waals surface area contributed by atoms with Crippen LogP contribution < -0.4 is 15.0 Å². The van der Waals surface area contributed by atoms with Gasteiger partial charge in [0, 0.05) is 33.0 Å². The number of nitrogens with one attached hydrogen (secondary N) is 1. The summed E-state index contributed by atoms with van der Waals surface area (Å²) in [6.45, 7) is 2.23. The Bertz CT molecular complexity index is 670. The molecule has 24 heavy (non-hydrogen) atoms. The number of hydrogen-bond donors (Lipinski definition) is 1. The number of nitrogens with zero attached hydrogens (tertiary/aromatic N) is 2. The SMILES string of the molecule is CN1C[C@@H](C(=O)N2CCC3(CC2)CNC(=O)O3)Oc2ccccc21. The molecule has 0 saturated carbocycles. The van der Waals surface area contributed by atoms with Gasteiger partial charge in [-0.2, -0.15) is 0 Å². The van der Waals surface area contributed by atoms with Gasteiger partial charge in [-0.25, -0.2) is 4.79 Å². The van der Waals surface area contributed by atoms with E-state index in [-0.39, 0.29) is 12.0 Å². The molecular weight excluding hydrogens is 310 g/mol. The largest absolute Gasteiger partial charge is 0.477 e. The average molecular weight is 331 g/mol. The first kappa shape index (κ1) is 15.1. The number of carbonyl (C=O) groups excluding carboxylic acids is 2. The van der Waals surface area contributed by atoms with E-state index in [9.17, 15) is 9.59 Å². The van der Waals surface area contributed by atoms with E-state index < -0.39 is 11.7 Å². The fraction of sp³-hybridized carbons (Fsp3) is 0.529. The summed E-state index contributed by atoms with van der Waals surface area (Å²) in [6.07, 6.45) is 0.472. The lowest BCUT2D eigenvalue weighted by molar-refractivity contribution is -0.141. The Kier molecular flexibility index (Phi) is 3.51. The number of benzene rings is 1. The molecule has 2 amide bonds. The molecule has 1 atom stereocenters. The molecule has 1 spiro atoms. The summed E-state index contributed by atoms with van der Waals surface area (Å²) < 4.78 is 11.3. The van der Waals surface area contributed by atoms with Crippen molar-refractivity contribution in [3.8, 4) is 5.75 Å². The number of anilines is 1. The highest BCUT2D eigenvalue weighted by Gasteiger charge is 2.44. The second-order valence-corrected chi connectivity index (χ2v) is 6.71. The number of hydrogen-bond acceptors (Lipinski definition) is 5. The van der Waals surface area contributed by atoms with E-state index in [0.717, 1.165) is 11.4 Å². The van der Waals surface area contributed by atoms with Crippen LogP contribution in [-0.2, 0) is 9.53 Å². The van der Waals surface area contributed by atoms with Crippen molar-refractivity contribution in [1.29, 1.82) is 0 Å². The second kappa shape index (κ2) is 5.58. The number of rotatable bonds is 1. The highest BCUT2D eigenvalue weighted by molar-refractivity contribution is 5.83. The van der Waals surface area contributed by atoms with E-state index in [0.29, 0.717) is 39.0 Å². The van der Waals surface area contributed by atoms with Crippen LogP contribution in [0.3, 0.4) is 0 Å². The summed E-state index contributed by atoms with van der Waals surface area (Å²) in [4.78, 5) is 28.0. The fourth-order valence-electron chi connectivity index (χ4n) is 3.66. The van der Waals surface area contributed by atoms with E-state index in [1.165, 1.54) is 0 Å². The number of amides is 2. The van der Waals surface area contributed by atoms with Crippen LogP contribution in [0.4, 0.5) is 10.5 Å². The van der Waals surface area contributed by atoms with Crippen LogP contribution in [0.1, 0.15) is 12.8 Å². The topological polar surface area (TPSA) is 71.1 Å². The molecule has 128 valence electrons. The van der Waals surface area contributed by atoms with Crippen LogP contribution in [0.25, 0.3) is 0 Å². The predicted octanol–water partition coefficient (Wildman–Crippen LogP) is 0.985. The fourth-order valence-corrected chi connectivity index (χ4v) is 3.66. The van der Waals surface area contributed by atoms with Gasteiger partial charge in [0.2, 0.25) is 0 Å². The minimum atomic E-state index is -0.497. The first-order valence-electron chi connectivity index (χ1n) is 8.29. The molecule has 1 N–H and O–H groups in total. The van der Waals surface area contributed by atoms with Crippen LogP contribution in [0.15, 0.2) is 24.3 Å². The van der Waals surface area contributed by atoms with E-state index in [1.807, 2.05) is 36.2 Å². The van der Waals surface area contributed by atoms with Crippen molar-refractivity contribution in [2.24, 2.45) is 0 Å². The third-order valence-corrected chi connectivity index (χ3v) is 5.11. The zero-order valence-corrected chi connectivity index (χ0v) is 13.7. The Morgan fingerprint density at radius 2 is 2.04 bits per heavy atom. The number of carbonyl (C=O) groups is 2. The lowest BCUT2D eigenvalue weighted by Gasteiger charge is -2.40. The maximum atomic E-state index is 12.8. The molecule has 1 aromatic rings. The number of likely N-dealkylation sites (N-methyl/N-ethyl adjacent to an activating group) is 1. The Morgan fingerprint density at radius 1 is 1.29 bits per heavy atom. The Morgan fingerprint density at radius 3 is 2.75 bits per heavy atom. The number of fused-ring (bicyclic) bond motifs is 1. The predicted molar refractivity (Wildman–Crippen MR) is 87.2 cm³/mol. The maximum Gasteiger partial charge on any atom is 0.407 e. The molecule has 3 heterocycles. The van der Waals surface area contributed by atoms with Crippen molar-refractivity contribution in [3.05, 3.63) is 24.3 Å². The monoisotopic (exact) mass is 331 g/mol. The second-order valence-electron chi connectivity index (χ2n) is 6.71. The summed E-state index contributed by atoms with van der Waals surface area (Å²) in [5.74, 6) is 0.746. The molecule has 7 heteroatoms. The molecule has 0 aliphatic carbocycles. The molecule has 2 saturated heterocycles. The quantitative estimate of drug-likeness (QED) is 0.831. The van der Waals surface area contributed by atoms with Gasteiger partial charge >= 0.3 is 6.09 Å². The Balaban J connectivity index is 1.41. The summed E-state index contributed by atoms with van der Waals surface area (Å²) in [6, 6.07) is 7.75. The normalized spacial score (nSPS) is 24.9. The standard InChI is InChI=1S/C17H21N3O4/c1-19-10-14(23-13-5-3-2-4-12(13)19)15(21)20-8-6-17(7-9-20)11-18-16(22)24-17/h2-5,14H,6-11H2,1H3,(H,18,22)/t14-/m0/s1. The first-order valence-corrected chi connectivity index (χ1v) is 8.29. The minimum Gasteiger partial charge on any atom is -0.477 e. The molecular formula is C17H21N3O4. The summed E-state index contributed by atoms with van der Waals surface area (Å²) in [5, 5.41) is 2.71. The third-order valence-electron chi connectivity index (χ3n) is 5.11. The van der Waals surface area contributed by atoms with Gasteiger partial charge in [-0.1, -0.05) is 12.1 Å². The van der Waals surface area contributed by atoms with Crippen molar-refractivity contribution in [2.75, 3.05) is 38.1 Å². The molecule has 0 aromatic heterocycles. The summed E-state index contributed by atoms with van der Waals surface area (Å²) in [7, 11) is 1.97.